The summed E-state index contributed by atoms with van der Waals surface area (Å²) in [5.41, 5.74) is 1.78. The second kappa shape index (κ2) is 7.38. The van der Waals surface area contributed by atoms with E-state index in [1.807, 2.05) is 31.2 Å². The molecular formula is C14H12NO2S-. The van der Waals surface area contributed by atoms with E-state index in [1.165, 1.54) is 0 Å². The summed E-state index contributed by atoms with van der Waals surface area (Å²) in [7, 11) is 0. The Morgan fingerprint density at radius 3 is 2.00 bits per heavy atom. The van der Waals surface area contributed by atoms with Crippen molar-refractivity contribution in [1.29, 1.82) is 5.26 Å². The highest BCUT2D eigenvalue weighted by atomic mass is 32.2. The zero-order valence-corrected chi connectivity index (χ0v) is 10.7. The fraction of sp³-hybridized carbons (Fsp3) is 0.0714. The first kappa shape index (κ1) is 14.1. The van der Waals surface area contributed by atoms with Crippen LogP contribution in [0.15, 0.2) is 59.5 Å². The van der Waals surface area contributed by atoms with E-state index >= 15 is 0 Å². The quantitative estimate of drug-likeness (QED) is 0.739. The van der Waals surface area contributed by atoms with Gasteiger partial charge in [-0.3, -0.25) is 4.21 Å². The summed E-state index contributed by atoms with van der Waals surface area (Å²) in [6.07, 6.45) is 0. The maximum atomic E-state index is 10.3. The third-order valence-corrected chi connectivity index (χ3v) is 2.77. The SMILES string of the molecule is Cc1ccc(S(=O)[O-])cc1.N#Cc1ccccc1. The highest BCUT2D eigenvalue weighted by Crippen LogP contribution is 2.05. The molecule has 0 aromatic heterocycles. The van der Waals surface area contributed by atoms with Gasteiger partial charge in [0, 0.05) is 4.90 Å². The summed E-state index contributed by atoms with van der Waals surface area (Å²) in [4.78, 5) is 0.339. The van der Waals surface area contributed by atoms with Gasteiger partial charge in [-0.05, 0) is 42.3 Å². The van der Waals surface area contributed by atoms with Crippen LogP contribution >= 0.6 is 0 Å². The number of benzene rings is 2. The molecule has 1 atom stereocenters. The van der Waals surface area contributed by atoms with Crippen LogP contribution in [0.2, 0.25) is 0 Å². The van der Waals surface area contributed by atoms with Crippen LogP contribution in [-0.4, -0.2) is 8.76 Å². The second-order valence-electron chi connectivity index (χ2n) is 3.53. The van der Waals surface area contributed by atoms with Crippen LogP contribution in [-0.2, 0) is 11.1 Å². The number of hydrogen-bond acceptors (Lipinski definition) is 3. The van der Waals surface area contributed by atoms with E-state index < -0.39 is 11.1 Å². The van der Waals surface area contributed by atoms with E-state index in [0.717, 1.165) is 5.56 Å². The lowest BCUT2D eigenvalue weighted by Gasteiger charge is -2.03. The highest BCUT2D eigenvalue weighted by Gasteiger charge is 1.88. The molecule has 0 spiro atoms. The van der Waals surface area contributed by atoms with Gasteiger partial charge in [-0.2, -0.15) is 5.26 Å². The fourth-order valence-electron chi connectivity index (χ4n) is 1.16. The summed E-state index contributed by atoms with van der Waals surface area (Å²) >= 11 is -2.09. The first-order valence-electron chi connectivity index (χ1n) is 5.24. The number of rotatable bonds is 1. The monoisotopic (exact) mass is 258 g/mol. The Morgan fingerprint density at radius 2 is 1.61 bits per heavy atom. The molecule has 1 unspecified atom stereocenters. The molecular weight excluding hydrogens is 246 g/mol. The number of hydrogen-bond donors (Lipinski definition) is 0. The summed E-state index contributed by atoms with van der Waals surface area (Å²) in [6.45, 7) is 1.91. The van der Waals surface area contributed by atoms with Gasteiger partial charge in [0.05, 0.1) is 11.6 Å². The Morgan fingerprint density at radius 1 is 1.06 bits per heavy atom. The van der Waals surface area contributed by atoms with Gasteiger partial charge in [0.25, 0.3) is 0 Å². The maximum absolute atomic E-state index is 10.3. The third-order valence-electron chi connectivity index (χ3n) is 2.12. The van der Waals surface area contributed by atoms with E-state index in [-0.39, 0.29) is 0 Å². The molecule has 0 saturated carbocycles. The Hall–Kier alpha value is -1.96. The van der Waals surface area contributed by atoms with Crippen LogP contribution in [0.1, 0.15) is 11.1 Å². The van der Waals surface area contributed by atoms with Gasteiger partial charge in [-0.25, -0.2) is 0 Å². The molecule has 2 rings (SSSR count). The van der Waals surface area contributed by atoms with Crippen molar-refractivity contribution in [3.05, 3.63) is 65.7 Å². The molecule has 0 bridgehead atoms. The van der Waals surface area contributed by atoms with Crippen molar-refractivity contribution in [3.8, 4) is 6.07 Å². The van der Waals surface area contributed by atoms with Crippen LogP contribution in [0, 0.1) is 18.3 Å². The standard InChI is InChI=1S/C7H5N.C7H8O2S/c8-6-7-4-2-1-3-5-7;1-6-2-4-7(5-3-6)10(8)9/h1-5H;2-5H,1H3,(H,8,9)/p-1. The minimum Gasteiger partial charge on any atom is -0.768 e. The molecule has 2 aromatic rings. The van der Waals surface area contributed by atoms with Gasteiger partial charge < -0.3 is 4.55 Å². The summed E-state index contributed by atoms with van der Waals surface area (Å²) in [6, 6.07) is 17.9. The first-order chi connectivity index (χ1) is 8.63. The minimum atomic E-state index is -2.09. The van der Waals surface area contributed by atoms with E-state index in [0.29, 0.717) is 10.5 Å². The Balaban J connectivity index is 0.000000184. The topological polar surface area (TPSA) is 63.9 Å². The molecule has 92 valence electrons. The Labute approximate surface area is 109 Å². The molecule has 2 aromatic carbocycles. The molecule has 0 saturated heterocycles. The zero-order valence-electron chi connectivity index (χ0n) is 9.87. The maximum Gasteiger partial charge on any atom is 0.0991 e. The van der Waals surface area contributed by atoms with Crippen molar-refractivity contribution in [2.24, 2.45) is 0 Å². The van der Waals surface area contributed by atoms with E-state index in [2.05, 4.69) is 0 Å². The van der Waals surface area contributed by atoms with Crippen molar-refractivity contribution >= 4 is 11.1 Å². The molecule has 0 N–H and O–H groups in total. The summed E-state index contributed by atoms with van der Waals surface area (Å²) < 4.78 is 20.6. The smallest absolute Gasteiger partial charge is 0.0991 e. The number of aryl methyl sites for hydroxylation is 1. The first-order valence-corrected chi connectivity index (χ1v) is 6.32. The summed E-state index contributed by atoms with van der Waals surface area (Å²) in [5, 5.41) is 8.29. The molecule has 18 heavy (non-hydrogen) atoms. The van der Waals surface area contributed by atoms with Crippen LogP contribution in [0.25, 0.3) is 0 Å². The number of nitriles is 1. The largest absolute Gasteiger partial charge is 0.768 e. The highest BCUT2D eigenvalue weighted by molar-refractivity contribution is 7.79. The van der Waals surface area contributed by atoms with Crippen molar-refractivity contribution in [2.45, 2.75) is 11.8 Å². The van der Waals surface area contributed by atoms with Crippen molar-refractivity contribution < 1.29 is 8.76 Å². The second-order valence-corrected chi connectivity index (χ2v) is 4.47. The van der Waals surface area contributed by atoms with Gasteiger partial charge >= 0.3 is 0 Å². The van der Waals surface area contributed by atoms with Crippen LogP contribution < -0.4 is 0 Å². The zero-order chi connectivity index (χ0) is 13.4. The lowest BCUT2D eigenvalue weighted by molar-refractivity contribution is 0.537. The predicted molar refractivity (Wildman–Crippen MR) is 69.5 cm³/mol. The average molecular weight is 258 g/mol. The molecule has 0 aliphatic heterocycles. The predicted octanol–water partition coefficient (Wildman–Crippen LogP) is 2.79. The van der Waals surface area contributed by atoms with E-state index in [9.17, 15) is 8.76 Å². The van der Waals surface area contributed by atoms with Crippen molar-refractivity contribution in [1.82, 2.24) is 0 Å². The molecule has 0 amide bonds. The third kappa shape index (κ3) is 4.91. The van der Waals surface area contributed by atoms with Gasteiger partial charge in [-0.15, -0.1) is 0 Å². The van der Waals surface area contributed by atoms with Gasteiger partial charge in [-0.1, -0.05) is 35.9 Å². The minimum absolute atomic E-state index is 0.339. The molecule has 4 heteroatoms. The summed E-state index contributed by atoms with van der Waals surface area (Å²) in [5.74, 6) is 0. The molecule has 0 aliphatic carbocycles. The fourth-order valence-corrected chi connectivity index (χ4v) is 1.52. The lowest BCUT2D eigenvalue weighted by Crippen LogP contribution is -1.87. The van der Waals surface area contributed by atoms with Crippen molar-refractivity contribution in [3.63, 3.8) is 0 Å². The van der Waals surface area contributed by atoms with Crippen LogP contribution in [0.3, 0.4) is 0 Å². The van der Waals surface area contributed by atoms with Gasteiger partial charge in [0.15, 0.2) is 0 Å². The van der Waals surface area contributed by atoms with Crippen LogP contribution in [0.4, 0.5) is 0 Å². The molecule has 0 aliphatic rings. The Bertz CT molecular complexity index is 544. The van der Waals surface area contributed by atoms with E-state index in [4.69, 9.17) is 5.26 Å². The van der Waals surface area contributed by atoms with Gasteiger partial charge in [0.1, 0.15) is 0 Å². The number of nitrogens with zero attached hydrogens (tertiary/aromatic N) is 1. The molecule has 0 fully saturated rings. The van der Waals surface area contributed by atoms with Crippen molar-refractivity contribution in [2.75, 3.05) is 0 Å². The molecule has 0 radical (unpaired) electrons. The Kier molecular flexibility index (Phi) is 5.78. The lowest BCUT2D eigenvalue weighted by atomic mass is 10.2. The van der Waals surface area contributed by atoms with Crippen LogP contribution in [0.5, 0.6) is 0 Å². The van der Waals surface area contributed by atoms with Gasteiger partial charge in [0.2, 0.25) is 0 Å². The normalized spacial score (nSPS) is 10.7. The molecule has 0 heterocycles. The van der Waals surface area contributed by atoms with E-state index in [1.54, 1.807) is 36.4 Å². The molecule has 3 nitrogen and oxygen atoms in total. The average Bonchev–Trinajstić information content (AvgIpc) is 2.41.